The van der Waals surface area contributed by atoms with Gasteiger partial charge < -0.3 is 38.8 Å². The molecular formula is C34H49N3O8. The van der Waals surface area contributed by atoms with Crippen molar-refractivity contribution in [1.29, 1.82) is 0 Å². The molecule has 1 fully saturated rings. The molecule has 0 aromatic heterocycles. The van der Waals surface area contributed by atoms with Crippen LogP contribution in [0.5, 0.6) is 17.2 Å². The highest BCUT2D eigenvalue weighted by atomic mass is 16.6. The van der Waals surface area contributed by atoms with Gasteiger partial charge in [-0.2, -0.15) is 0 Å². The first-order valence-corrected chi connectivity index (χ1v) is 15.4. The number of piperidine rings is 1. The van der Waals surface area contributed by atoms with Crippen LogP contribution in [0.3, 0.4) is 0 Å². The Hall–Kier alpha value is -3.99. The summed E-state index contributed by atoms with van der Waals surface area (Å²) in [5.41, 5.74) is 0.240. The first-order valence-electron chi connectivity index (χ1n) is 15.4. The molecule has 11 heteroatoms. The van der Waals surface area contributed by atoms with Crippen molar-refractivity contribution in [2.24, 2.45) is 5.92 Å². The van der Waals surface area contributed by atoms with Gasteiger partial charge in [0.1, 0.15) is 11.4 Å². The molecule has 0 bridgehead atoms. The summed E-state index contributed by atoms with van der Waals surface area (Å²) < 4.78 is 27.5. The summed E-state index contributed by atoms with van der Waals surface area (Å²) in [7, 11) is 4.74. The van der Waals surface area contributed by atoms with Crippen molar-refractivity contribution in [2.75, 3.05) is 54.2 Å². The lowest BCUT2D eigenvalue weighted by Gasteiger charge is -2.44. The molecule has 1 heterocycles. The number of nitrogens with one attached hydrogen (secondary N) is 1. The van der Waals surface area contributed by atoms with Gasteiger partial charge in [-0.15, -0.1) is 0 Å². The van der Waals surface area contributed by atoms with Crippen LogP contribution >= 0.6 is 0 Å². The standard InChI is InChI=1S/C34H49N3O8/c1-23(2)37(32(39)26-13-14-29(43-8)30(19-26)44-16-10-15-41-6)27-17-24(21-36(22-27)33(40)45-34(3,4)5)20-35-31(38)25-11-9-12-28(18-25)42-7/h9,11-14,18-19,23-24,27H,10,15-17,20-22H2,1-8H3,(H,35,38)/t24-,27?/m1/s1. The second kappa shape index (κ2) is 16.4. The highest BCUT2D eigenvalue weighted by Gasteiger charge is 2.38. The number of nitrogens with zero attached hydrogens (tertiary/aromatic N) is 2. The molecule has 0 spiro atoms. The molecule has 0 radical (unpaired) electrons. The van der Waals surface area contributed by atoms with E-state index < -0.39 is 11.7 Å². The molecule has 2 aromatic carbocycles. The Kier molecular flexibility index (Phi) is 12.9. The second-order valence-corrected chi connectivity index (χ2v) is 12.4. The van der Waals surface area contributed by atoms with Gasteiger partial charge in [-0.1, -0.05) is 6.07 Å². The third-order valence-electron chi connectivity index (χ3n) is 7.40. The Labute approximate surface area is 267 Å². The molecular weight excluding hydrogens is 578 g/mol. The summed E-state index contributed by atoms with van der Waals surface area (Å²) in [6, 6.07) is 11.6. The molecule has 1 aliphatic rings. The van der Waals surface area contributed by atoms with Crippen molar-refractivity contribution in [3.63, 3.8) is 0 Å². The summed E-state index contributed by atoms with van der Waals surface area (Å²) in [5.74, 6) is 1.03. The first kappa shape index (κ1) is 35.5. The number of hydrogen-bond acceptors (Lipinski definition) is 8. The molecule has 3 rings (SSSR count). The lowest BCUT2D eigenvalue weighted by molar-refractivity contribution is -0.00106. The average Bonchev–Trinajstić information content (AvgIpc) is 3.00. The fourth-order valence-electron chi connectivity index (χ4n) is 5.38. The van der Waals surface area contributed by atoms with Gasteiger partial charge in [-0.05, 0) is 83.4 Å². The van der Waals surface area contributed by atoms with Crippen molar-refractivity contribution in [3.8, 4) is 17.2 Å². The minimum atomic E-state index is -0.684. The van der Waals surface area contributed by atoms with Gasteiger partial charge in [-0.25, -0.2) is 4.79 Å². The number of methoxy groups -OCH3 is 3. The van der Waals surface area contributed by atoms with Crippen LogP contribution in [-0.2, 0) is 9.47 Å². The van der Waals surface area contributed by atoms with Gasteiger partial charge in [0.05, 0.1) is 26.9 Å². The molecule has 1 N–H and O–H groups in total. The maximum absolute atomic E-state index is 14.1. The predicted octanol–water partition coefficient (Wildman–Crippen LogP) is 5.03. The van der Waals surface area contributed by atoms with Crippen LogP contribution in [0.15, 0.2) is 42.5 Å². The summed E-state index contributed by atoms with van der Waals surface area (Å²) in [5, 5.41) is 3.01. The zero-order chi connectivity index (χ0) is 33.1. The molecule has 1 saturated heterocycles. The van der Waals surface area contributed by atoms with Crippen molar-refractivity contribution in [2.45, 2.75) is 65.1 Å². The van der Waals surface area contributed by atoms with E-state index in [0.29, 0.717) is 74.1 Å². The van der Waals surface area contributed by atoms with Crippen LogP contribution in [0.1, 0.15) is 68.2 Å². The van der Waals surface area contributed by atoms with E-state index in [2.05, 4.69) is 5.32 Å². The van der Waals surface area contributed by atoms with Crippen LogP contribution in [0.4, 0.5) is 4.79 Å². The Morgan fingerprint density at radius 1 is 0.956 bits per heavy atom. The molecule has 3 amide bonds. The van der Waals surface area contributed by atoms with E-state index in [4.69, 9.17) is 23.7 Å². The van der Waals surface area contributed by atoms with Crippen molar-refractivity contribution >= 4 is 17.9 Å². The minimum Gasteiger partial charge on any atom is -0.497 e. The summed E-state index contributed by atoms with van der Waals surface area (Å²) in [6.07, 6.45) is 0.815. The number of hydrogen-bond donors (Lipinski definition) is 1. The minimum absolute atomic E-state index is 0.129. The molecule has 11 nitrogen and oxygen atoms in total. The van der Waals surface area contributed by atoms with Crippen LogP contribution in [0.25, 0.3) is 0 Å². The third-order valence-corrected chi connectivity index (χ3v) is 7.40. The lowest BCUT2D eigenvalue weighted by Crippen LogP contribution is -2.57. The number of carbonyl (C=O) groups excluding carboxylic acids is 3. The van der Waals surface area contributed by atoms with Gasteiger partial charge >= 0.3 is 6.09 Å². The number of likely N-dealkylation sites (tertiary alicyclic amines) is 1. The number of ether oxygens (including phenoxy) is 5. The highest BCUT2D eigenvalue weighted by molar-refractivity contribution is 5.95. The molecule has 1 aliphatic heterocycles. The van der Waals surface area contributed by atoms with Crippen molar-refractivity contribution in [3.05, 3.63) is 53.6 Å². The second-order valence-electron chi connectivity index (χ2n) is 12.4. The van der Waals surface area contributed by atoms with Crippen LogP contribution in [0.2, 0.25) is 0 Å². The van der Waals surface area contributed by atoms with Crippen LogP contribution in [-0.4, -0.2) is 99.6 Å². The molecule has 45 heavy (non-hydrogen) atoms. The quantitative estimate of drug-likeness (QED) is 0.308. The molecule has 0 aliphatic carbocycles. The van der Waals surface area contributed by atoms with Crippen LogP contribution in [0, 0.1) is 5.92 Å². The summed E-state index contributed by atoms with van der Waals surface area (Å²) in [4.78, 5) is 43.9. The van der Waals surface area contributed by atoms with Gasteiger partial charge in [0, 0.05) is 56.9 Å². The zero-order valence-corrected chi connectivity index (χ0v) is 27.9. The first-order chi connectivity index (χ1) is 21.4. The van der Waals surface area contributed by atoms with Crippen LogP contribution < -0.4 is 19.5 Å². The highest BCUT2D eigenvalue weighted by Crippen LogP contribution is 2.31. The van der Waals surface area contributed by atoms with Crippen molar-refractivity contribution < 1.29 is 38.1 Å². The number of amides is 3. The van der Waals surface area contributed by atoms with E-state index in [0.717, 1.165) is 0 Å². The van der Waals surface area contributed by atoms with E-state index in [1.54, 1.807) is 68.7 Å². The molecule has 1 unspecified atom stereocenters. The molecule has 2 atom stereocenters. The van der Waals surface area contributed by atoms with Gasteiger partial charge in [0.25, 0.3) is 11.8 Å². The smallest absolute Gasteiger partial charge is 0.410 e. The monoisotopic (exact) mass is 627 g/mol. The average molecular weight is 628 g/mol. The zero-order valence-electron chi connectivity index (χ0n) is 27.9. The van der Waals surface area contributed by atoms with Gasteiger partial charge in [0.15, 0.2) is 11.5 Å². The molecule has 0 saturated carbocycles. The maximum atomic E-state index is 14.1. The number of benzene rings is 2. The summed E-state index contributed by atoms with van der Waals surface area (Å²) in [6.45, 7) is 11.3. The van der Waals surface area contributed by atoms with Gasteiger partial charge in [0.2, 0.25) is 0 Å². The third kappa shape index (κ3) is 10.3. The summed E-state index contributed by atoms with van der Waals surface area (Å²) >= 11 is 0. The number of rotatable bonds is 13. The lowest BCUT2D eigenvalue weighted by atomic mass is 9.91. The fraction of sp³-hybridized carbons (Fsp3) is 0.559. The van der Waals surface area contributed by atoms with Crippen molar-refractivity contribution in [1.82, 2.24) is 15.1 Å². The molecule has 248 valence electrons. The Morgan fingerprint density at radius 2 is 1.71 bits per heavy atom. The Bertz CT molecular complexity index is 1290. The maximum Gasteiger partial charge on any atom is 0.410 e. The van der Waals surface area contributed by atoms with E-state index in [9.17, 15) is 14.4 Å². The predicted molar refractivity (Wildman–Crippen MR) is 171 cm³/mol. The largest absolute Gasteiger partial charge is 0.497 e. The normalized spacial score (nSPS) is 16.6. The fourth-order valence-corrected chi connectivity index (χ4v) is 5.38. The SMILES string of the molecule is COCCCOc1cc(C(=O)N(C(C)C)C2C[C@H](CNC(=O)c3cccc(OC)c3)CN(C(=O)OC(C)(C)C)C2)ccc1OC. The van der Waals surface area contributed by atoms with E-state index in [-0.39, 0.29) is 29.8 Å². The Morgan fingerprint density at radius 3 is 2.36 bits per heavy atom. The molecule has 2 aromatic rings. The number of carbonyl (C=O) groups is 3. The Balaban J connectivity index is 1.85. The van der Waals surface area contributed by atoms with E-state index in [1.165, 1.54) is 0 Å². The topological polar surface area (TPSA) is 116 Å². The van der Waals surface area contributed by atoms with E-state index in [1.807, 2.05) is 39.5 Å². The van der Waals surface area contributed by atoms with E-state index >= 15 is 0 Å². The van der Waals surface area contributed by atoms with Gasteiger partial charge in [-0.3, -0.25) is 9.59 Å².